The van der Waals surface area contributed by atoms with E-state index in [0.717, 1.165) is 0 Å². The lowest BCUT2D eigenvalue weighted by Crippen LogP contribution is -2.26. The number of carbonyl (C=O) groups excluding carboxylic acids is 1. The first-order valence-electron chi connectivity index (χ1n) is 11.2. The number of aliphatic hydroxyl groups is 1. The highest BCUT2D eigenvalue weighted by molar-refractivity contribution is 5.96. The molecule has 0 amide bonds. The standard InChI is InChI=1S/C28H27F2NO5/c1-5-28(33,13-12-22(32)19-7-9-23(36-15-14-29)25(17-19)35-4)26-11-10-24(34-3)27(31-26)20-6-8-21(30)18(2)16-20/h1,6-11,16-17,33H,12-15H2,2-4H3/t28-/m0/s1. The molecule has 0 spiro atoms. The predicted octanol–water partition coefficient (Wildman–Crippen LogP) is 5.05. The normalized spacial score (nSPS) is 12.4. The van der Waals surface area contributed by atoms with Gasteiger partial charge in [0.15, 0.2) is 22.9 Å². The number of ketones is 1. The zero-order valence-corrected chi connectivity index (χ0v) is 20.3. The molecule has 0 saturated heterocycles. The minimum absolute atomic E-state index is 0.0900. The van der Waals surface area contributed by atoms with Crippen molar-refractivity contribution < 1.29 is 32.9 Å². The molecular weight excluding hydrogens is 468 g/mol. The van der Waals surface area contributed by atoms with Gasteiger partial charge in [0.05, 0.1) is 19.9 Å². The maximum Gasteiger partial charge on any atom is 0.167 e. The van der Waals surface area contributed by atoms with Crippen molar-refractivity contribution in [2.45, 2.75) is 25.4 Å². The van der Waals surface area contributed by atoms with Crippen molar-refractivity contribution in [3.8, 4) is 40.8 Å². The summed E-state index contributed by atoms with van der Waals surface area (Å²) >= 11 is 0. The Kier molecular flexibility index (Phi) is 8.62. The Hall–Kier alpha value is -3.96. The predicted molar refractivity (Wildman–Crippen MR) is 132 cm³/mol. The first-order valence-corrected chi connectivity index (χ1v) is 11.2. The van der Waals surface area contributed by atoms with Crippen LogP contribution in [0.4, 0.5) is 8.78 Å². The lowest BCUT2D eigenvalue weighted by Gasteiger charge is -2.23. The average Bonchev–Trinajstić information content (AvgIpc) is 2.91. The van der Waals surface area contributed by atoms with Crippen LogP contribution < -0.4 is 14.2 Å². The first kappa shape index (κ1) is 26.6. The topological polar surface area (TPSA) is 77.9 Å². The molecule has 0 aliphatic rings. The smallest absolute Gasteiger partial charge is 0.167 e. The molecule has 0 fully saturated rings. The number of carbonyl (C=O) groups is 1. The number of benzene rings is 2. The van der Waals surface area contributed by atoms with Crippen molar-refractivity contribution in [1.29, 1.82) is 0 Å². The van der Waals surface area contributed by atoms with E-state index in [-0.39, 0.29) is 42.5 Å². The Morgan fingerprint density at radius 2 is 1.81 bits per heavy atom. The molecule has 0 unspecified atom stereocenters. The Labute approximate surface area is 208 Å². The number of pyridine rings is 1. The summed E-state index contributed by atoms with van der Waals surface area (Å²) in [5.41, 5.74) is 0.0279. The molecule has 1 heterocycles. The lowest BCUT2D eigenvalue weighted by atomic mass is 9.91. The number of hydrogen-bond acceptors (Lipinski definition) is 6. The highest BCUT2D eigenvalue weighted by atomic mass is 19.1. The number of aromatic nitrogens is 1. The highest BCUT2D eigenvalue weighted by Gasteiger charge is 2.30. The van der Waals surface area contributed by atoms with Gasteiger partial charge in [0.25, 0.3) is 0 Å². The van der Waals surface area contributed by atoms with E-state index >= 15 is 0 Å². The number of Topliss-reactive ketones (excluding diaryl/α,β-unsaturated/α-hetero) is 1. The molecule has 6 nitrogen and oxygen atoms in total. The maximum atomic E-state index is 13.8. The summed E-state index contributed by atoms with van der Waals surface area (Å²) in [7, 11) is 2.89. The summed E-state index contributed by atoms with van der Waals surface area (Å²) in [6.07, 6.45) is 5.48. The molecular formula is C28H27F2NO5. The van der Waals surface area contributed by atoms with Gasteiger partial charge in [-0.3, -0.25) is 4.79 Å². The molecule has 0 bridgehead atoms. The number of ether oxygens (including phenoxy) is 3. The molecule has 0 radical (unpaired) electrons. The highest BCUT2D eigenvalue weighted by Crippen LogP contribution is 2.34. The second-order valence-corrected chi connectivity index (χ2v) is 8.04. The minimum Gasteiger partial charge on any atom is -0.494 e. The van der Waals surface area contributed by atoms with Crippen LogP contribution in [0.15, 0.2) is 48.5 Å². The minimum atomic E-state index is -1.85. The zero-order chi connectivity index (χ0) is 26.3. The molecule has 0 saturated carbocycles. The second-order valence-electron chi connectivity index (χ2n) is 8.04. The van der Waals surface area contributed by atoms with Crippen LogP contribution in [0, 0.1) is 25.1 Å². The van der Waals surface area contributed by atoms with E-state index in [2.05, 4.69) is 10.9 Å². The van der Waals surface area contributed by atoms with Crippen molar-refractivity contribution in [2.24, 2.45) is 0 Å². The number of alkyl halides is 1. The fourth-order valence-corrected chi connectivity index (χ4v) is 3.66. The summed E-state index contributed by atoms with van der Waals surface area (Å²) in [6, 6.07) is 12.2. The van der Waals surface area contributed by atoms with Gasteiger partial charge in [-0.15, -0.1) is 6.42 Å². The van der Waals surface area contributed by atoms with E-state index in [1.54, 1.807) is 25.1 Å². The lowest BCUT2D eigenvalue weighted by molar-refractivity contribution is 0.0736. The second kappa shape index (κ2) is 11.6. The summed E-state index contributed by atoms with van der Waals surface area (Å²) in [5.74, 6) is 2.73. The SMILES string of the molecule is C#C[C@](O)(CCC(=O)c1ccc(OCCF)c(OC)c1)c1ccc(OC)c(-c2ccc(F)c(C)c2)n1. The molecule has 3 rings (SSSR count). The third kappa shape index (κ3) is 5.81. The number of nitrogens with zero attached hydrogens (tertiary/aromatic N) is 1. The molecule has 1 N–H and O–H groups in total. The van der Waals surface area contributed by atoms with Gasteiger partial charge >= 0.3 is 0 Å². The van der Waals surface area contributed by atoms with Crippen molar-refractivity contribution in [3.05, 3.63) is 71.2 Å². The van der Waals surface area contributed by atoms with E-state index in [1.807, 2.05) is 0 Å². The van der Waals surface area contributed by atoms with Crippen LogP contribution in [0.25, 0.3) is 11.3 Å². The van der Waals surface area contributed by atoms with Gasteiger partial charge in [-0.05, 0) is 61.0 Å². The summed E-state index contributed by atoms with van der Waals surface area (Å²) in [6.45, 7) is 0.844. The number of rotatable bonds is 11. The Bertz CT molecular complexity index is 1290. The van der Waals surface area contributed by atoms with Crippen LogP contribution in [-0.2, 0) is 5.60 Å². The molecule has 188 valence electrons. The monoisotopic (exact) mass is 495 g/mol. The molecule has 3 aromatic rings. The van der Waals surface area contributed by atoms with E-state index in [9.17, 15) is 18.7 Å². The Balaban J connectivity index is 1.85. The van der Waals surface area contributed by atoms with Gasteiger partial charge < -0.3 is 19.3 Å². The zero-order valence-electron chi connectivity index (χ0n) is 20.3. The van der Waals surface area contributed by atoms with Crippen molar-refractivity contribution in [2.75, 3.05) is 27.5 Å². The fraction of sp³-hybridized carbons (Fsp3) is 0.286. The van der Waals surface area contributed by atoms with Crippen LogP contribution >= 0.6 is 0 Å². The number of aryl methyl sites for hydroxylation is 1. The third-order valence-electron chi connectivity index (χ3n) is 5.71. The summed E-state index contributed by atoms with van der Waals surface area (Å²) in [4.78, 5) is 17.4. The van der Waals surface area contributed by atoms with Gasteiger partial charge in [-0.25, -0.2) is 13.8 Å². The largest absolute Gasteiger partial charge is 0.494 e. The van der Waals surface area contributed by atoms with Crippen LogP contribution in [0.2, 0.25) is 0 Å². The van der Waals surface area contributed by atoms with Crippen LogP contribution in [-0.4, -0.2) is 43.4 Å². The quantitative estimate of drug-likeness (QED) is 0.297. The molecule has 36 heavy (non-hydrogen) atoms. The van der Waals surface area contributed by atoms with Crippen LogP contribution in [0.1, 0.15) is 34.5 Å². The van der Waals surface area contributed by atoms with Gasteiger partial charge in [0, 0.05) is 24.0 Å². The molecule has 8 heteroatoms. The summed E-state index contributed by atoms with van der Waals surface area (Å²) < 4.78 is 42.1. The summed E-state index contributed by atoms with van der Waals surface area (Å²) in [5, 5.41) is 11.2. The molecule has 1 aromatic heterocycles. The van der Waals surface area contributed by atoms with E-state index in [1.165, 1.54) is 44.6 Å². The molecule has 0 aliphatic heterocycles. The molecule has 0 aliphatic carbocycles. The van der Waals surface area contributed by atoms with Crippen molar-refractivity contribution in [1.82, 2.24) is 4.98 Å². The van der Waals surface area contributed by atoms with E-state index in [0.29, 0.717) is 33.9 Å². The Morgan fingerprint density at radius 3 is 2.44 bits per heavy atom. The Morgan fingerprint density at radius 1 is 1.08 bits per heavy atom. The van der Waals surface area contributed by atoms with Gasteiger partial charge in [0.2, 0.25) is 0 Å². The van der Waals surface area contributed by atoms with E-state index in [4.69, 9.17) is 20.6 Å². The number of hydrogen-bond donors (Lipinski definition) is 1. The van der Waals surface area contributed by atoms with Gasteiger partial charge in [0.1, 0.15) is 30.5 Å². The average molecular weight is 496 g/mol. The molecule has 2 aromatic carbocycles. The first-order chi connectivity index (χ1) is 17.3. The number of terminal acetylenes is 1. The van der Waals surface area contributed by atoms with Crippen molar-refractivity contribution in [3.63, 3.8) is 0 Å². The van der Waals surface area contributed by atoms with Gasteiger partial charge in [-0.2, -0.15) is 0 Å². The van der Waals surface area contributed by atoms with Crippen LogP contribution in [0.3, 0.4) is 0 Å². The number of halogens is 2. The van der Waals surface area contributed by atoms with Gasteiger partial charge in [-0.1, -0.05) is 5.92 Å². The van der Waals surface area contributed by atoms with Crippen LogP contribution in [0.5, 0.6) is 17.2 Å². The number of methoxy groups -OCH3 is 2. The third-order valence-corrected chi connectivity index (χ3v) is 5.71. The van der Waals surface area contributed by atoms with Crippen molar-refractivity contribution >= 4 is 5.78 Å². The maximum absolute atomic E-state index is 13.8. The fourth-order valence-electron chi connectivity index (χ4n) is 3.66. The van der Waals surface area contributed by atoms with E-state index < -0.39 is 12.3 Å². The molecule has 1 atom stereocenters.